The van der Waals surface area contributed by atoms with E-state index in [2.05, 4.69) is 15.2 Å². The molecule has 0 aromatic rings. The van der Waals surface area contributed by atoms with Gasteiger partial charge in [-0.1, -0.05) is 0 Å². The molecule has 13 nitrogen and oxygen atoms in total. The van der Waals surface area contributed by atoms with Gasteiger partial charge < -0.3 is 40.7 Å². The molecule has 0 aromatic carbocycles. The topological polar surface area (TPSA) is 196 Å². The number of nitrogens with zero attached hydrogens (tertiary/aromatic N) is 2. The summed E-state index contributed by atoms with van der Waals surface area (Å²) in [4.78, 5) is 19.1. The van der Waals surface area contributed by atoms with Crippen molar-refractivity contribution >= 4 is 7.82 Å². The smallest absolute Gasteiger partial charge is 0.469 e. The maximum Gasteiger partial charge on any atom is 0.469 e. The van der Waals surface area contributed by atoms with Crippen LogP contribution in [0.4, 0.5) is 0 Å². The van der Waals surface area contributed by atoms with Gasteiger partial charge in [0.25, 0.3) is 0 Å². The molecule has 0 amide bonds. The van der Waals surface area contributed by atoms with E-state index in [1.807, 2.05) is 0 Å². The van der Waals surface area contributed by atoms with Crippen molar-refractivity contribution in [3.8, 4) is 0 Å². The molecule has 0 aliphatic carbocycles. The summed E-state index contributed by atoms with van der Waals surface area (Å²) in [6.45, 7) is -0.337. The average molecular weight is 370 g/mol. The summed E-state index contributed by atoms with van der Waals surface area (Å²) in [5.41, 5.74) is 5.83. The third kappa shape index (κ3) is 3.50. The van der Waals surface area contributed by atoms with E-state index in [1.165, 1.54) is 0 Å². The van der Waals surface area contributed by atoms with Gasteiger partial charge in [-0.25, -0.2) is 9.46 Å². The van der Waals surface area contributed by atoms with Crippen molar-refractivity contribution in [3.05, 3.63) is 5.21 Å². The highest BCUT2D eigenvalue weighted by Gasteiger charge is 2.52. The Morgan fingerprint density at radius 2 is 2.00 bits per heavy atom. The zero-order valence-corrected chi connectivity index (χ0v) is 13.4. The number of aliphatic hydroxyl groups is 2. The molecular formula is C10H21N5O8P-. The van der Waals surface area contributed by atoms with Gasteiger partial charge in [-0.2, -0.15) is 0 Å². The van der Waals surface area contributed by atoms with Crippen molar-refractivity contribution in [2.75, 3.05) is 19.9 Å². The second-order valence-electron chi connectivity index (χ2n) is 5.95. The van der Waals surface area contributed by atoms with Gasteiger partial charge in [0.2, 0.25) is 0 Å². The fourth-order valence-corrected chi connectivity index (χ4v) is 3.55. The fraction of sp³-hybridized carbons (Fsp3) is 1.00. The van der Waals surface area contributed by atoms with Crippen LogP contribution >= 0.6 is 7.82 Å². The van der Waals surface area contributed by atoms with Crippen LogP contribution in [0.2, 0.25) is 0 Å². The Morgan fingerprint density at radius 3 is 2.67 bits per heavy atom. The van der Waals surface area contributed by atoms with Gasteiger partial charge in [0.05, 0.1) is 31.6 Å². The molecule has 8 N–H and O–H groups in total. The number of ether oxygens (including phenoxy) is 1. The van der Waals surface area contributed by atoms with Crippen LogP contribution in [-0.4, -0.2) is 92.8 Å². The molecule has 3 rings (SSSR count). The SMILES string of the molecule is NC1C2NCN([C@@H]3O[C@H](COP(=O)(O)O)[C@@H](O)[C@H]3O)C2NCN1[O-]. The highest BCUT2D eigenvalue weighted by molar-refractivity contribution is 7.46. The minimum atomic E-state index is -4.72. The minimum absolute atomic E-state index is 0.00334. The Labute approximate surface area is 137 Å². The highest BCUT2D eigenvalue weighted by Crippen LogP contribution is 2.37. The number of fused-ring (bicyclic) bond motifs is 1. The number of rotatable bonds is 4. The van der Waals surface area contributed by atoms with Gasteiger partial charge >= 0.3 is 7.82 Å². The zero-order valence-electron chi connectivity index (χ0n) is 12.5. The Bertz CT molecular complexity index is 510. The molecule has 0 radical (unpaired) electrons. The van der Waals surface area contributed by atoms with Crippen LogP contribution in [0.3, 0.4) is 0 Å². The van der Waals surface area contributed by atoms with Gasteiger partial charge in [-0.15, -0.1) is 0 Å². The van der Waals surface area contributed by atoms with Gasteiger partial charge in [-0.05, 0) is 0 Å². The van der Waals surface area contributed by atoms with Crippen molar-refractivity contribution < 1.29 is 33.8 Å². The average Bonchev–Trinajstić information content (AvgIpc) is 3.04. The molecule has 0 spiro atoms. The van der Waals surface area contributed by atoms with Crippen LogP contribution in [0.25, 0.3) is 0 Å². The third-order valence-electron chi connectivity index (χ3n) is 4.43. The molecule has 3 saturated heterocycles. The normalized spacial score (nSPS) is 44.8. The fourth-order valence-electron chi connectivity index (χ4n) is 3.21. The summed E-state index contributed by atoms with van der Waals surface area (Å²) >= 11 is 0. The summed E-state index contributed by atoms with van der Waals surface area (Å²) < 4.78 is 20.6. The van der Waals surface area contributed by atoms with Crippen molar-refractivity contribution in [1.82, 2.24) is 20.6 Å². The maximum absolute atomic E-state index is 11.6. The predicted molar refractivity (Wildman–Crippen MR) is 77.3 cm³/mol. The van der Waals surface area contributed by atoms with Crippen LogP contribution in [0, 0.1) is 5.21 Å². The van der Waals surface area contributed by atoms with Crippen molar-refractivity contribution in [2.45, 2.75) is 42.9 Å². The number of hydrogen-bond donors (Lipinski definition) is 7. The van der Waals surface area contributed by atoms with Crippen LogP contribution in [0.15, 0.2) is 0 Å². The van der Waals surface area contributed by atoms with Gasteiger partial charge in [-0.3, -0.25) is 15.2 Å². The number of phosphoric ester groups is 1. The quantitative estimate of drug-likeness (QED) is 0.235. The van der Waals surface area contributed by atoms with E-state index in [0.29, 0.717) is 5.06 Å². The second-order valence-corrected chi connectivity index (χ2v) is 7.19. The molecule has 7 atom stereocenters. The first-order valence-corrected chi connectivity index (χ1v) is 8.85. The van der Waals surface area contributed by atoms with Gasteiger partial charge in [0.15, 0.2) is 0 Å². The van der Waals surface area contributed by atoms with Crippen LogP contribution < -0.4 is 16.4 Å². The molecule has 3 unspecified atom stereocenters. The molecule has 0 bridgehead atoms. The summed E-state index contributed by atoms with van der Waals surface area (Å²) in [6, 6.07) is -0.408. The van der Waals surface area contributed by atoms with E-state index < -0.39 is 57.3 Å². The molecule has 3 aliphatic rings. The van der Waals surface area contributed by atoms with Crippen LogP contribution in [0.5, 0.6) is 0 Å². The second kappa shape index (κ2) is 6.81. The summed E-state index contributed by atoms with van der Waals surface area (Å²) in [7, 11) is -4.72. The van der Waals surface area contributed by atoms with Crippen molar-refractivity contribution in [2.24, 2.45) is 5.73 Å². The molecule has 3 fully saturated rings. The maximum atomic E-state index is 11.6. The molecule has 0 saturated carbocycles. The Morgan fingerprint density at radius 1 is 1.29 bits per heavy atom. The van der Waals surface area contributed by atoms with Gasteiger partial charge in [0, 0.05) is 6.67 Å². The van der Waals surface area contributed by atoms with E-state index >= 15 is 0 Å². The lowest BCUT2D eigenvalue weighted by Crippen LogP contribution is -2.68. The minimum Gasteiger partial charge on any atom is -0.783 e. The van der Waals surface area contributed by atoms with E-state index in [9.17, 15) is 20.0 Å². The number of aliphatic hydroxyl groups excluding tert-OH is 2. The first-order valence-electron chi connectivity index (χ1n) is 7.32. The van der Waals surface area contributed by atoms with E-state index in [1.54, 1.807) is 4.90 Å². The predicted octanol–water partition coefficient (Wildman–Crippen LogP) is -4.25. The monoisotopic (exact) mass is 370 g/mol. The number of nitrogens with two attached hydrogens (primary N) is 1. The van der Waals surface area contributed by atoms with Crippen molar-refractivity contribution in [3.63, 3.8) is 0 Å². The molecule has 3 aliphatic heterocycles. The molecule has 24 heavy (non-hydrogen) atoms. The molecule has 14 heteroatoms. The number of phosphoric acid groups is 1. The molecular weight excluding hydrogens is 349 g/mol. The summed E-state index contributed by atoms with van der Waals surface area (Å²) in [6.07, 6.45) is -5.94. The Balaban J connectivity index is 1.66. The van der Waals surface area contributed by atoms with E-state index in [0.717, 1.165) is 0 Å². The van der Waals surface area contributed by atoms with E-state index in [-0.39, 0.29) is 13.3 Å². The Kier molecular flexibility index (Phi) is 5.26. The largest absolute Gasteiger partial charge is 0.783 e. The Hall–Kier alpha value is -0.250. The van der Waals surface area contributed by atoms with Crippen LogP contribution in [0.1, 0.15) is 0 Å². The molecule has 3 heterocycles. The third-order valence-corrected chi connectivity index (χ3v) is 4.92. The first-order chi connectivity index (χ1) is 11.2. The number of nitrogens with one attached hydrogen (secondary N) is 2. The first kappa shape index (κ1) is 18.5. The standard InChI is InChI=1S/C10H21N5O8P/c11-8-5-9(13-3-15(8)18)14(2-12-5)10-7(17)6(16)4(23-10)1-22-24(19,20)21/h4-10,12-13,16-17H,1-3,11H2,(H2,19,20,21)/q-1/t4-,5?,6-,7-,8?,9?,10-/m1/s1. The zero-order chi connectivity index (χ0) is 17.6. The van der Waals surface area contributed by atoms with Crippen LogP contribution in [-0.2, 0) is 13.8 Å². The van der Waals surface area contributed by atoms with Crippen molar-refractivity contribution in [1.29, 1.82) is 0 Å². The van der Waals surface area contributed by atoms with Gasteiger partial charge in [0.1, 0.15) is 24.5 Å². The lowest BCUT2D eigenvalue weighted by Gasteiger charge is -2.47. The van der Waals surface area contributed by atoms with E-state index in [4.69, 9.17) is 20.3 Å². The lowest BCUT2D eigenvalue weighted by atomic mass is 10.1. The molecule has 140 valence electrons. The summed E-state index contributed by atoms with van der Waals surface area (Å²) in [5.74, 6) is 0. The number of hydroxylamine groups is 2. The lowest BCUT2D eigenvalue weighted by molar-refractivity contribution is -0.112. The number of hydrogen-bond acceptors (Lipinski definition) is 11. The molecule has 0 aromatic heterocycles. The highest BCUT2D eigenvalue weighted by atomic mass is 31.2. The summed E-state index contributed by atoms with van der Waals surface area (Å²) in [5, 5.41) is 38.5.